The summed E-state index contributed by atoms with van der Waals surface area (Å²) in [6, 6.07) is -0.454. The van der Waals surface area contributed by atoms with E-state index in [4.69, 9.17) is 5.11 Å². The van der Waals surface area contributed by atoms with E-state index in [0.717, 1.165) is 0 Å². The first-order chi connectivity index (χ1) is 9.00. The van der Waals surface area contributed by atoms with Gasteiger partial charge in [0.05, 0.1) is 5.92 Å². The average molecular weight is 269 g/mol. The van der Waals surface area contributed by atoms with Gasteiger partial charge in [0, 0.05) is 38.6 Å². The molecule has 106 valence electrons. The van der Waals surface area contributed by atoms with Crippen molar-refractivity contribution in [3.05, 3.63) is 0 Å². The standard InChI is InChI=1S/C12H19N3O4/c1-8-9(11(17)18)2-6-15(8)12(19)14-5-3-10(16)13-4-7-14/h8-9H,2-7H2,1H3,(H,13,16)(H,17,18). The molecule has 2 rings (SSSR count). The van der Waals surface area contributed by atoms with E-state index in [9.17, 15) is 14.4 Å². The van der Waals surface area contributed by atoms with Crippen LogP contribution in [0.15, 0.2) is 0 Å². The molecule has 0 saturated carbocycles. The number of hydrogen-bond acceptors (Lipinski definition) is 3. The fourth-order valence-corrected chi connectivity index (χ4v) is 2.68. The van der Waals surface area contributed by atoms with E-state index in [1.165, 1.54) is 0 Å². The van der Waals surface area contributed by atoms with Gasteiger partial charge < -0.3 is 20.2 Å². The van der Waals surface area contributed by atoms with Gasteiger partial charge in [0.2, 0.25) is 5.91 Å². The number of hydrogen-bond donors (Lipinski definition) is 2. The molecule has 19 heavy (non-hydrogen) atoms. The molecule has 2 N–H and O–H groups in total. The van der Waals surface area contributed by atoms with Crippen molar-refractivity contribution in [1.82, 2.24) is 15.1 Å². The SMILES string of the molecule is CC1C(C(=O)O)CCN1C(=O)N1CCNC(=O)CC1. The highest BCUT2D eigenvalue weighted by molar-refractivity contribution is 5.80. The third kappa shape index (κ3) is 2.80. The number of carbonyl (C=O) groups excluding carboxylic acids is 2. The zero-order chi connectivity index (χ0) is 14.0. The zero-order valence-corrected chi connectivity index (χ0v) is 11.0. The molecule has 0 aromatic carbocycles. The Morgan fingerprint density at radius 2 is 2.05 bits per heavy atom. The van der Waals surface area contributed by atoms with Crippen LogP contribution in [-0.4, -0.2) is 65.0 Å². The summed E-state index contributed by atoms with van der Waals surface area (Å²) in [6.07, 6.45) is 0.795. The van der Waals surface area contributed by atoms with Gasteiger partial charge in [0.25, 0.3) is 0 Å². The lowest BCUT2D eigenvalue weighted by Gasteiger charge is -2.30. The van der Waals surface area contributed by atoms with Crippen LogP contribution in [0.5, 0.6) is 0 Å². The van der Waals surface area contributed by atoms with Gasteiger partial charge in [-0.2, -0.15) is 0 Å². The van der Waals surface area contributed by atoms with Crippen molar-refractivity contribution in [1.29, 1.82) is 0 Å². The number of urea groups is 1. The molecular formula is C12H19N3O4. The normalized spacial score (nSPS) is 27.9. The highest BCUT2D eigenvalue weighted by Gasteiger charge is 2.39. The third-order valence-corrected chi connectivity index (χ3v) is 3.90. The molecule has 7 nitrogen and oxygen atoms in total. The maximum absolute atomic E-state index is 12.4. The quantitative estimate of drug-likeness (QED) is 0.685. The summed E-state index contributed by atoms with van der Waals surface area (Å²) < 4.78 is 0. The topological polar surface area (TPSA) is 89.9 Å². The number of amides is 3. The fraction of sp³-hybridized carbons (Fsp3) is 0.750. The molecule has 3 amide bonds. The Hall–Kier alpha value is -1.79. The maximum atomic E-state index is 12.4. The number of carboxylic acids is 1. The minimum Gasteiger partial charge on any atom is -0.481 e. The van der Waals surface area contributed by atoms with Gasteiger partial charge in [-0.1, -0.05) is 0 Å². The Morgan fingerprint density at radius 3 is 2.68 bits per heavy atom. The highest BCUT2D eigenvalue weighted by Crippen LogP contribution is 2.25. The Labute approximate surface area is 111 Å². The van der Waals surface area contributed by atoms with E-state index >= 15 is 0 Å². The monoisotopic (exact) mass is 269 g/mol. The molecule has 7 heteroatoms. The molecule has 0 bridgehead atoms. The Balaban J connectivity index is 2.00. The molecule has 2 atom stereocenters. The molecule has 0 aliphatic carbocycles. The van der Waals surface area contributed by atoms with Crippen LogP contribution in [0.25, 0.3) is 0 Å². The zero-order valence-electron chi connectivity index (χ0n) is 11.0. The number of nitrogens with one attached hydrogen (secondary N) is 1. The summed E-state index contributed by atoms with van der Waals surface area (Å²) in [5.74, 6) is -1.39. The van der Waals surface area contributed by atoms with E-state index < -0.39 is 11.9 Å². The first kappa shape index (κ1) is 13.6. The number of carboxylic acid groups (broad SMARTS) is 1. The molecule has 2 fully saturated rings. The summed E-state index contributed by atoms with van der Waals surface area (Å²) in [4.78, 5) is 37.9. The van der Waals surface area contributed by atoms with E-state index in [-0.39, 0.29) is 18.0 Å². The van der Waals surface area contributed by atoms with Gasteiger partial charge in [-0.3, -0.25) is 9.59 Å². The fourth-order valence-electron chi connectivity index (χ4n) is 2.68. The van der Waals surface area contributed by atoms with Crippen LogP contribution < -0.4 is 5.32 Å². The van der Waals surface area contributed by atoms with Crippen LogP contribution in [-0.2, 0) is 9.59 Å². The molecule has 0 spiro atoms. The van der Waals surface area contributed by atoms with Gasteiger partial charge in [-0.25, -0.2) is 4.79 Å². The maximum Gasteiger partial charge on any atom is 0.320 e. The van der Waals surface area contributed by atoms with Crippen molar-refractivity contribution in [2.45, 2.75) is 25.8 Å². The third-order valence-electron chi connectivity index (χ3n) is 3.90. The van der Waals surface area contributed by atoms with Gasteiger partial charge in [-0.15, -0.1) is 0 Å². The van der Waals surface area contributed by atoms with Gasteiger partial charge >= 0.3 is 12.0 Å². The second-order valence-electron chi connectivity index (χ2n) is 5.04. The molecule has 2 unspecified atom stereocenters. The summed E-state index contributed by atoms with van der Waals surface area (Å²) in [5, 5.41) is 11.8. The van der Waals surface area contributed by atoms with Crippen molar-refractivity contribution < 1.29 is 19.5 Å². The Bertz CT molecular complexity index is 398. The van der Waals surface area contributed by atoms with Crippen LogP contribution in [0.2, 0.25) is 0 Å². The molecule has 0 aromatic rings. The lowest BCUT2D eigenvalue weighted by atomic mass is 10.0. The predicted molar refractivity (Wildman–Crippen MR) is 66.5 cm³/mol. The smallest absolute Gasteiger partial charge is 0.320 e. The molecule has 2 aliphatic rings. The van der Waals surface area contributed by atoms with Crippen LogP contribution in [0.1, 0.15) is 19.8 Å². The second-order valence-corrected chi connectivity index (χ2v) is 5.04. The van der Waals surface area contributed by atoms with E-state index in [1.807, 2.05) is 0 Å². The summed E-state index contributed by atoms with van der Waals surface area (Å²) in [5.41, 5.74) is 0. The number of aliphatic carboxylic acids is 1. The van der Waals surface area contributed by atoms with Crippen LogP contribution in [0, 0.1) is 5.92 Å². The molecule has 0 radical (unpaired) electrons. The molecule has 2 heterocycles. The summed E-state index contributed by atoms with van der Waals surface area (Å²) >= 11 is 0. The predicted octanol–water partition coefficient (Wildman–Crippen LogP) is -0.277. The van der Waals surface area contributed by atoms with Crippen molar-refractivity contribution >= 4 is 17.9 Å². The number of likely N-dealkylation sites (tertiary alicyclic amines) is 1. The molecule has 0 aromatic heterocycles. The van der Waals surface area contributed by atoms with Crippen LogP contribution in [0.3, 0.4) is 0 Å². The molecule has 2 aliphatic heterocycles. The lowest BCUT2D eigenvalue weighted by molar-refractivity contribution is -0.142. The van der Waals surface area contributed by atoms with Gasteiger partial charge in [0.1, 0.15) is 0 Å². The average Bonchev–Trinajstić information content (AvgIpc) is 2.60. The number of carbonyl (C=O) groups is 3. The van der Waals surface area contributed by atoms with Gasteiger partial charge in [0.15, 0.2) is 0 Å². The highest BCUT2D eigenvalue weighted by atomic mass is 16.4. The van der Waals surface area contributed by atoms with Crippen molar-refractivity contribution in [3.8, 4) is 0 Å². The molecule has 2 saturated heterocycles. The summed E-state index contributed by atoms with van der Waals surface area (Å²) in [6.45, 7) is 3.56. The van der Waals surface area contributed by atoms with Gasteiger partial charge in [-0.05, 0) is 13.3 Å². The molecular weight excluding hydrogens is 250 g/mol. The minimum atomic E-state index is -0.851. The first-order valence-corrected chi connectivity index (χ1v) is 6.55. The van der Waals surface area contributed by atoms with E-state index in [1.54, 1.807) is 16.7 Å². The van der Waals surface area contributed by atoms with E-state index in [2.05, 4.69) is 5.32 Å². The number of rotatable bonds is 1. The summed E-state index contributed by atoms with van der Waals surface area (Å²) in [7, 11) is 0. The van der Waals surface area contributed by atoms with Crippen LogP contribution >= 0.6 is 0 Å². The minimum absolute atomic E-state index is 0.0480. The lowest BCUT2D eigenvalue weighted by Crippen LogP contribution is -2.47. The van der Waals surface area contributed by atoms with Crippen LogP contribution in [0.4, 0.5) is 4.79 Å². The number of nitrogens with zero attached hydrogens (tertiary/aromatic N) is 2. The Morgan fingerprint density at radius 1 is 1.32 bits per heavy atom. The Kier molecular flexibility index (Phi) is 3.92. The van der Waals surface area contributed by atoms with Crippen molar-refractivity contribution in [2.75, 3.05) is 26.2 Å². The van der Waals surface area contributed by atoms with Crippen molar-refractivity contribution in [3.63, 3.8) is 0 Å². The largest absolute Gasteiger partial charge is 0.481 e. The second kappa shape index (κ2) is 5.46. The van der Waals surface area contributed by atoms with Crippen molar-refractivity contribution in [2.24, 2.45) is 5.92 Å². The first-order valence-electron chi connectivity index (χ1n) is 6.55. The van der Waals surface area contributed by atoms with E-state index in [0.29, 0.717) is 39.0 Å².